The number of carbonyl (C=O) groups is 2. The number of amides is 2. The number of fused-ring (bicyclic) bond motifs is 1. The van der Waals surface area contributed by atoms with Crippen molar-refractivity contribution >= 4 is 40.9 Å². The maximum atomic E-state index is 12.4. The second-order valence-electron chi connectivity index (χ2n) is 7.86. The summed E-state index contributed by atoms with van der Waals surface area (Å²) in [6.45, 7) is 6.15. The van der Waals surface area contributed by atoms with Crippen molar-refractivity contribution in [3.63, 3.8) is 0 Å². The number of aromatic nitrogens is 2. The first-order chi connectivity index (χ1) is 16.9. The first kappa shape index (κ1) is 27.7. The van der Waals surface area contributed by atoms with Gasteiger partial charge in [0.05, 0.1) is 12.2 Å². The van der Waals surface area contributed by atoms with Gasteiger partial charge in [-0.3, -0.25) is 20.4 Å². The van der Waals surface area contributed by atoms with Crippen molar-refractivity contribution in [2.75, 3.05) is 37.8 Å². The fourth-order valence-electron chi connectivity index (χ4n) is 3.40. The lowest BCUT2D eigenvalue weighted by Crippen LogP contribution is -2.38. The molecule has 0 aromatic carbocycles. The van der Waals surface area contributed by atoms with E-state index >= 15 is 0 Å². The number of nitrogens with zero attached hydrogens (tertiary/aromatic N) is 4. The Balaban J connectivity index is 0.000000360. The Morgan fingerprint density at radius 3 is 2.54 bits per heavy atom. The highest BCUT2D eigenvalue weighted by atomic mass is 35.5. The van der Waals surface area contributed by atoms with E-state index in [0.717, 1.165) is 24.1 Å². The number of aldehydes is 1. The van der Waals surface area contributed by atoms with Crippen molar-refractivity contribution in [3.8, 4) is 0 Å². The maximum Gasteiger partial charge on any atom is 0.327 e. The van der Waals surface area contributed by atoms with Crippen molar-refractivity contribution in [1.29, 1.82) is 5.41 Å². The highest BCUT2D eigenvalue weighted by molar-refractivity contribution is 6.68. The third-order valence-electron chi connectivity index (χ3n) is 5.15. The Kier molecular flexibility index (Phi) is 11.6. The Labute approximate surface area is 211 Å². The molecule has 188 valence electrons. The van der Waals surface area contributed by atoms with Gasteiger partial charge in [-0.05, 0) is 58.0 Å². The lowest BCUT2D eigenvalue weighted by atomic mass is 10.1. The second-order valence-corrected chi connectivity index (χ2v) is 8.24. The molecule has 1 aromatic heterocycles. The topological polar surface area (TPSA) is 126 Å². The molecule has 2 amide bonds. The normalized spacial score (nSPS) is 16.9. The van der Waals surface area contributed by atoms with Crippen LogP contribution in [0, 0.1) is 5.41 Å². The molecule has 1 aliphatic carbocycles. The van der Waals surface area contributed by atoms with Gasteiger partial charge in [0.1, 0.15) is 17.3 Å². The standard InChI is InChI=1S/C16H18ClN7O.C5H11N.C3H4O/c1-19-8-12(13(17)18)21-15-20-7-10-9-24(11-5-3-2-4-6-11)16(25)23-14(10)22-15;1-6-4-2-3-5-6;1-2-3-4/h3,5-8,18-19H,2,4,9H2,1H3,(H2,20,21,22,23,25);2-5H2,1H3;2-3H,1H2/b12-8+,18-13?;;. The van der Waals surface area contributed by atoms with Gasteiger partial charge in [0, 0.05) is 30.7 Å². The lowest BCUT2D eigenvalue weighted by Gasteiger charge is -2.30. The third kappa shape index (κ3) is 8.99. The Bertz CT molecular complexity index is 993. The zero-order valence-corrected chi connectivity index (χ0v) is 20.9. The largest absolute Gasteiger partial charge is 0.392 e. The molecule has 0 saturated carbocycles. The molecule has 0 unspecified atom stereocenters. The highest BCUT2D eigenvalue weighted by Crippen LogP contribution is 2.26. The van der Waals surface area contributed by atoms with E-state index in [2.05, 4.69) is 50.5 Å². The number of hydrogen-bond acceptors (Lipinski definition) is 8. The first-order valence-electron chi connectivity index (χ1n) is 11.3. The predicted molar refractivity (Wildman–Crippen MR) is 140 cm³/mol. The van der Waals surface area contributed by atoms with Gasteiger partial charge >= 0.3 is 6.03 Å². The van der Waals surface area contributed by atoms with E-state index in [1.54, 1.807) is 18.1 Å². The Morgan fingerprint density at radius 2 is 2.03 bits per heavy atom. The summed E-state index contributed by atoms with van der Waals surface area (Å²) >= 11 is 5.71. The fourth-order valence-corrected chi connectivity index (χ4v) is 3.51. The van der Waals surface area contributed by atoms with E-state index in [-0.39, 0.29) is 17.2 Å². The number of rotatable bonds is 6. The first-order valence-corrected chi connectivity index (χ1v) is 11.7. The minimum absolute atomic E-state index is 0.179. The molecular weight excluding hydrogens is 468 g/mol. The Hall–Kier alpha value is -3.50. The lowest BCUT2D eigenvalue weighted by molar-refractivity contribution is -0.104. The molecule has 3 heterocycles. The van der Waals surface area contributed by atoms with Crippen molar-refractivity contribution in [2.45, 2.75) is 32.2 Å². The van der Waals surface area contributed by atoms with Gasteiger partial charge in [-0.1, -0.05) is 30.3 Å². The van der Waals surface area contributed by atoms with Crippen LogP contribution in [0.4, 0.5) is 16.6 Å². The van der Waals surface area contributed by atoms with Crippen molar-refractivity contribution in [3.05, 3.63) is 60.2 Å². The molecule has 2 aliphatic heterocycles. The van der Waals surface area contributed by atoms with Gasteiger partial charge in [-0.15, -0.1) is 0 Å². The number of anilines is 2. The van der Waals surface area contributed by atoms with Crippen molar-refractivity contribution in [1.82, 2.24) is 25.1 Å². The van der Waals surface area contributed by atoms with Crippen LogP contribution in [0.1, 0.15) is 31.2 Å². The number of halogens is 1. The summed E-state index contributed by atoms with van der Waals surface area (Å²) < 4.78 is 0. The molecule has 0 radical (unpaired) electrons. The van der Waals surface area contributed by atoms with Gasteiger partial charge in [0.25, 0.3) is 0 Å². The van der Waals surface area contributed by atoms with Crippen LogP contribution in [0.25, 0.3) is 0 Å². The van der Waals surface area contributed by atoms with Crippen LogP contribution in [-0.2, 0) is 11.3 Å². The monoisotopic (exact) mass is 500 g/mol. The van der Waals surface area contributed by atoms with Crippen LogP contribution < -0.4 is 16.0 Å². The third-order valence-corrected chi connectivity index (χ3v) is 5.35. The van der Waals surface area contributed by atoms with E-state index in [0.29, 0.717) is 24.3 Å². The molecule has 1 fully saturated rings. The van der Waals surface area contributed by atoms with E-state index in [4.69, 9.17) is 21.8 Å². The molecule has 4 N–H and O–H groups in total. The molecule has 10 nitrogen and oxygen atoms in total. The minimum atomic E-state index is -0.231. The fraction of sp³-hybridized carbons (Fsp3) is 0.375. The molecule has 0 spiro atoms. The van der Waals surface area contributed by atoms with Gasteiger partial charge in [0.15, 0.2) is 0 Å². The van der Waals surface area contributed by atoms with Gasteiger partial charge in [-0.25, -0.2) is 9.78 Å². The van der Waals surface area contributed by atoms with Crippen molar-refractivity contribution in [2.24, 2.45) is 0 Å². The molecule has 0 bridgehead atoms. The van der Waals surface area contributed by atoms with Crippen LogP contribution in [-0.4, -0.2) is 64.4 Å². The number of likely N-dealkylation sites (tertiary alicyclic amines) is 1. The van der Waals surface area contributed by atoms with E-state index < -0.39 is 0 Å². The summed E-state index contributed by atoms with van der Waals surface area (Å²) in [6, 6.07) is -0.231. The van der Waals surface area contributed by atoms with Crippen LogP contribution >= 0.6 is 11.6 Å². The van der Waals surface area contributed by atoms with Crippen LogP contribution in [0.15, 0.2) is 54.7 Å². The SMILES string of the molecule is C=CC=O.CN/C=C(/Nc1ncc2c(n1)NC(=O)N(C1=CCCC=C1)C2)C(=N)Cl.CN1CCCC1. The number of allylic oxidation sites excluding steroid dienone is 5. The number of carbonyl (C=O) groups excluding carboxylic acids is 2. The molecule has 3 aliphatic rings. The maximum absolute atomic E-state index is 12.4. The molecule has 4 rings (SSSR count). The summed E-state index contributed by atoms with van der Waals surface area (Å²) in [6.07, 6.45) is 15.8. The number of hydrogen-bond donors (Lipinski definition) is 4. The average Bonchev–Trinajstić information content (AvgIpc) is 3.35. The molecule has 1 saturated heterocycles. The van der Waals surface area contributed by atoms with Gasteiger partial charge < -0.3 is 15.5 Å². The summed E-state index contributed by atoms with van der Waals surface area (Å²) in [7, 11) is 3.87. The zero-order chi connectivity index (χ0) is 25.6. The van der Waals surface area contributed by atoms with Crippen molar-refractivity contribution < 1.29 is 9.59 Å². The van der Waals surface area contributed by atoms with Crippen LogP contribution in [0.5, 0.6) is 0 Å². The quantitative estimate of drug-likeness (QED) is 0.265. The average molecular weight is 501 g/mol. The summed E-state index contributed by atoms with van der Waals surface area (Å²) in [5.41, 5.74) is 2.02. The molecule has 0 atom stereocenters. The molecular formula is C24H33ClN8O2. The molecule has 35 heavy (non-hydrogen) atoms. The van der Waals surface area contributed by atoms with Gasteiger partial charge in [-0.2, -0.15) is 4.98 Å². The molecule has 1 aromatic rings. The minimum Gasteiger partial charge on any atom is -0.392 e. The summed E-state index contributed by atoms with van der Waals surface area (Å²) in [4.78, 5) is 34.0. The number of urea groups is 1. The predicted octanol–water partition coefficient (Wildman–Crippen LogP) is 3.83. The highest BCUT2D eigenvalue weighted by Gasteiger charge is 2.26. The van der Waals surface area contributed by atoms with E-state index in [1.165, 1.54) is 38.2 Å². The summed E-state index contributed by atoms with van der Waals surface area (Å²) in [5.74, 6) is 0.695. The zero-order valence-electron chi connectivity index (χ0n) is 20.2. The molecule has 11 heteroatoms. The smallest absolute Gasteiger partial charge is 0.327 e. The summed E-state index contributed by atoms with van der Waals surface area (Å²) in [5, 5.41) is 15.8. The van der Waals surface area contributed by atoms with Crippen LogP contribution in [0.2, 0.25) is 0 Å². The van der Waals surface area contributed by atoms with Crippen LogP contribution in [0.3, 0.4) is 0 Å². The second kappa shape index (κ2) is 14.7. The Morgan fingerprint density at radius 1 is 1.31 bits per heavy atom. The van der Waals surface area contributed by atoms with E-state index in [1.807, 2.05) is 12.2 Å². The number of nitrogens with one attached hydrogen (secondary N) is 4. The van der Waals surface area contributed by atoms with E-state index in [9.17, 15) is 4.79 Å². The van der Waals surface area contributed by atoms with Gasteiger partial charge in [0.2, 0.25) is 5.95 Å².